The van der Waals surface area contributed by atoms with E-state index in [4.69, 9.17) is 4.74 Å². The molecule has 0 aliphatic carbocycles. The zero-order chi connectivity index (χ0) is 19.5. The van der Waals surface area contributed by atoms with E-state index in [9.17, 15) is 23.3 Å². The first kappa shape index (κ1) is 19.4. The Bertz CT molecular complexity index is 779. The van der Waals surface area contributed by atoms with Gasteiger partial charge in [-0.05, 0) is 32.9 Å². The molecule has 0 radical (unpaired) electrons. The number of anilines is 2. The predicted molar refractivity (Wildman–Crippen MR) is 88.6 cm³/mol. The van der Waals surface area contributed by atoms with Crippen LogP contribution in [0.25, 0.3) is 0 Å². The molecule has 0 spiro atoms. The highest BCUT2D eigenvalue weighted by atomic mass is 19.4. The highest BCUT2D eigenvalue weighted by Gasteiger charge is 2.37. The van der Waals surface area contributed by atoms with Gasteiger partial charge in [-0.2, -0.15) is 18.2 Å². The number of hydrogen-bond donors (Lipinski definition) is 0. The summed E-state index contributed by atoms with van der Waals surface area (Å²) in [6.07, 6.45) is -4.48. The van der Waals surface area contributed by atoms with Gasteiger partial charge in [0, 0.05) is 30.6 Å². The number of aromatic nitrogens is 2. The van der Waals surface area contributed by atoms with Gasteiger partial charge in [-0.3, -0.25) is 10.1 Å². The molecular weight excluding hydrogens is 353 g/mol. The molecule has 0 saturated carbocycles. The topological polar surface area (TPSA) is 81.4 Å². The summed E-state index contributed by atoms with van der Waals surface area (Å²) in [5, 5.41) is 10.7. The minimum Gasteiger partial charge on any atom is -0.474 e. The Morgan fingerprint density at radius 2 is 1.88 bits per heavy atom. The van der Waals surface area contributed by atoms with Crippen molar-refractivity contribution in [3.05, 3.63) is 46.1 Å². The first-order chi connectivity index (χ1) is 12.1. The van der Waals surface area contributed by atoms with Crippen LogP contribution in [0.1, 0.15) is 26.3 Å². The summed E-state index contributed by atoms with van der Waals surface area (Å²) >= 11 is 0. The van der Waals surface area contributed by atoms with Crippen molar-refractivity contribution in [1.29, 1.82) is 0 Å². The van der Waals surface area contributed by atoms with Crippen LogP contribution in [-0.4, -0.2) is 27.5 Å². The van der Waals surface area contributed by atoms with Crippen molar-refractivity contribution in [3.63, 3.8) is 0 Å². The van der Waals surface area contributed by atoms with Crippen LogP contribution in [0.4, 0.5) is 30.5 Å². The van der Waals surface area contributed by atoms with Gasteiger partial charge in [-0.25, -0.2) is 4.98 Å². The van der Waals surface area contributed by atoms with Gasteiger partial charge in [0.1, 0.15) is 5.56 Å². The Morgan fingerprint density at radius 1 is 1.27 bits per heavy atom. The molecule has 2 rings (SSSR count). The Balaban J connectivity index is 2.45. The lowest BCUT2D eigenvalue weighted by Crippen LogP contribution is -2.21. The van der Waals surface area contributed by atoms with Crippen molar-refractivity contribution in [1.82, 2.24) is 9.97 Å². The molecule has 0 N–H and O–H groups in total. The molecule has 0 unspecified atom stereocenters. The fourth-order valence-corrected chi connectivity index (χ4v) is 2.19. The number of halogens is 3. The molecule has 0 atom stereocenters. The first-order valence-electron chi connectivity index (χ1n) is 7.76. The van der Waals surface area contributed by atoms with Gasteiger partial charge in [0.25, 0.3) is 5.69 Å². The number of rotatable bonds is 6. The Kier molecular flexibility index (Phi) is 5.63. The molecule has 0 aliphatic rings. The van der Waals surface area contributed by atoms with E-state index in [-0.39, 0.29) is 11.6 Å². The van der Waals surface area contributed by atoms with Crippen LogP contribution in [0.5, 0.6) is 5.88 Å². The molecule has 10 heteroatoms. The van der Waals surface area contributed by atoms with Crippen molar-refractivity contribution in [3.8, 4) is 5.88 Å². The SMILES string of the molecule is CCN(c1ccc([N+](=O)[O-])cc1)c1ncc(C(F)(F)F)c(OC(C)C)n1. The van der Waals surface area contributed by atoms with Crippen LogP contribution >= 0.6 is 0 Å². The highest BCUT2D eigenvalue weighted by molar-refractivity contribution is 5.59. The Labute approximate surface area is 147 Å². The molecular formula is C16H17F3N4O3. The molecule has 0 fully saturated rings. The molecule has 26 heavy (non-hydrogen) atoms. The molecule has 0 amide bonds. The van der Waals surface area contributed by atoms with Crippen LogP contribution in [0.2, 0.25) is 0 Å². The van der Waals surface area contributed by atoms with Crippen molar-refractivity contribution in [2.24, 2.45) is 0 Å². The van der Waals surface area contributed by atoms with E-state index in [1.807, 2.05) is 0 Å². The maximum Gasteiger partial charge on any atom is 0.423 e. The van der Waals surface area contributed by atoms with E-state index in [2.05, 4.69) is 9.97 Å². The number of non-ortho nitro benzene ring substituents is 1. The smallest absolute Gasteiger partial charge is 0.423 e. The summed E-state index contributed by atoms with van der Waals surface area (Å²) in [6, 6.07) is 5.55. The summed E-state index contributed by atoms with van der Waals surface area (Å²) < 4.78 is 44.6. The number of alkyl halides is 3. The van der Waals surface area contributed by atoms with E-state index < -0.39 is 28.6 Å². The standard InChI is InChI=1S/C16H17F3N4O3/c1-4-22(11-5-7-12(8-6-11)23(24)25)15-20-9-13(16(17,18)19)14(21-15)26-10(2)3/h5-10H,4H2,1-3H3. The van der Waals surface area contributed by atoms with E-state index >= 15 is 0 Å². The zero-order valence-corrected chi connectivity index (χ0v) is 14.3. The van der Waals surface area contributed by atoms with E-state index in [1.54, 1.807) is 20.8 Å². The predicted octanol–water partition coefficient (Wildman–Crippen LogP) is 4.35. The number of nitro benzene ring substituents is 1. The molecule has 1 aromatic heterocycles. The molecule has 7 nitrogen and oxygen atoms in total. The molecule has 1 heterocycles. The largest absolute Gasteiger partial charge is 0.474 e. The number of nitrogens with zero attached hydrogens (tertiary/aromatic N) is 4. The van der Waals surface area contributed by atoms with Gasteiger partial charge in [-0.15, -0.1) is 0 Å². The average Bonchev–Trinajstić information content (AvgIpc) is 2.54. The summed E-state index contributed by atoms with van der Waals surface area (Å²) in [7, 11) is 0. The third-order valence-corrected chi connectivity index (χ3v) is 3.32. The molecule has 0 aliphatic heterocycles. The van der Waals surface area contributed by atoms with Crippen LogP contribution in [0.3, 0.4) is 0 Å². The van der Waals surface area contributed by atoms with Gasteiger partial charge < -0.3 is 9.64 Å². The molecule has 0 bridgehead atoms. The second-order valence-electron chi connectivity index (χ2n) is 5.57. The second-order valence-corrected chi connectivity index (χ2v) is 5.57. The van der Waals surface area contributed by atoms with Crippen molar-refractivity contribution >= 4 is 17.3 Å². The fourth-order valence-electron chi connectivity index (χ4n) is 2.19. The van der Waals surface area contributed by atoms with Crippen molar-refractivity contribution in [2.75, 3.05) is 11.4 Å². The lowest BCUT2D eigenvalue weighted by molar-refractivity contribution is -0.384. The molecule has 0 saturated heterocycles. The van der Waals surface area contributed by atoms with Gasteiger partial charge in [0.15, 0.2) is 0 Å². The number of benzene rings is 1. The fraction of sp³-hybridized carbons (Fsp3) is 0.375. The van der Waals surface area contributed by atoms with E-state index in [0.29, 0.717) is 18.4 Å². The maximum atomic E-state index is 13.1. The number of nitro groups is 1. The van der Waals surface area contributed by atoms with Crippen LogP contribution in [0.15, 0.2) is 30.5 Å². The van der Waals surface area contributed by atoms with E-state index in [1.165, 1.54) is 29.2 Å². The number of ether oxygens (including phenoxy) is 1. The molecule has 140 valence electrons. The monoisotopic (exact) mass is 370 g/mol. The first-order valence-corrected chi connectivity index (χ1v) is 7.76. The minimum absolute atomic E-state index is 0.00463. The van der Waals surface area contributed by atoms with Gasteiger partial charge in [0.05, 0.1) is 11.0 Å². The second kappa shape index (κ2) is 7.54. The third-order valence-electron chi connectivity index (χ3n) is 3.32. The highest BCUT2D eigenvalue weighted by Crippen LogP contribution is 2.36. The summed E-state index contributed by atoms with van der Waals surface area (Å²) in [4.78, 5) is 19.5. The molecule has 1 aromatic carbocycles. The maximum absolute atomic E-state index is 13.1. The normalized spacial score (nSPS) is 11.5. The summed E-state index contributed by atoms with van der Waals surface area (Å²) in [5.74, 6) is -0.553. The Morgan fingerprint density at radius 3 is 2.35 bits per heavy atom. The van der Waals surface area contributed by atoms with Crippen molar-refractivity contribution < 1.29 is 22.8 Å². The number of hydrogen-bond acceptors (Lipinski definition) is 6. The summed E-state index contributed by atoms with van der Waals surface area (Å²) in [5.41, 5.74) is -0.648. The van der Waals surface area contributed by atoms with Crippen LogP contribution in [-0.2, 0) is 6.18 Å². The van der Waals surface area contributed by atoms with E-state index in [0.717, 1.165) is 0 Å². The van der Waals surface area contributed by atoms with Gasteiger partial charge in [0.2, 0.25) is 11.8 Å². The quantitative estimate of drug-likeness (QED) is 0.555. The molecule has 2 aromatic rings. The van der Waals surface area contributed by atoms with Gasteiger partial charge >= 0.3 is 6.18 Å². The average molecular weight is 370 g/mol. The van der Waals surface area contributed by atoms with Gasteiger partial charge in [-0.1, -0.05) is 0 Å². The van der Waals surface area contributed by atoms with Crippen LogP contribution in [0, 0.1) is 10.1 Å². The lowest BCUT2D eigenvalue weighted by Gasteiger charge is -2.23. The Hall–Kier alpha value is -2.91. The minimum atomic E-state index is -4.65. The lowest BCUT2D eigenvalue weighted by atomic mass is 10.2. The zero-order valence-electron chi connectivity index (χ0n) is 14.3. The third kappa shape index (κ3) is 4.38. The summed E-state index contributed by atoms with van der Waals surface area (Å²) in [6.45, 7) is 5.28. The van der Waals surface area contributed by atoms with Crippen LogP contribution < -0.4 is 9.64 Å². The van der Waals surface area contributed by atoms with Crippen molar-refractivity contribution in [2.45, 2.75) is 33.1 Å².